The van der Waals surface area contributed by atoms with Gasteiger partial charge in [-0.2, -0.15) is 0 Å². The van der Waals surface area contributed by atoms with Crippen molar-refractivity contribution in [1.82, 2.24) is 0 Å². The van der Waals surface area contributed by atoms with E-state index in [2.05, 4.69) is 27.7 Å². The highest BCUT2D eigenvalue weighted by Crippen LogP contribution is 2.36. The van der Waals surface area contributed by atoms with Gasteiger partial charge < -0.3 is 5.11 Å². The summed E-state index contributed by atoms with van der Waals surface area (Å²) in [5.74, 6) is 0.726. The SMILES string of the molecule is CCCC(C)(CCCO)C(C)C. The summed E-state index contributed by atoms with van der Waals surface area (Å²) in [7, 11) is 0. The first-order valence-electron chi connectivity index (χ1n) is 5.17. The smallest absolute Gasteiger partial charge is 0.0431 e. The Morgan fingerprint density at radius 1 is 1.25 bits per heavy atom. The van der Waals surface area contributed by atoms with Gasteiger partial charge in [0, 0.05) is 6.61 Å². The predicted molar refractivity (Wildman–Crippen MR) is 54.2 cm³/mol. The summed E-state index contributed by atoms with van der Waals surface area (Å²) in [6.45, 7) is 9.49. The van der Waals surface area contributed by atoms with E-state index in [4.69, 9.17) is 5.11 Å². The molecule has 1 N–H and O–H groups in total. The maximum Gasteiger partial charge on any atom is 0.0431 e. The molecule has 1 unspecified atom stereocenters. The Balaban J connectivity index is 3.99. The quantitative estimate of drug-likeness (QED) is 0.652. The van der Waals surface area contributed by atoms with Crippen LogP contribution >= 0.6 is 0 Å². The summed E-state index contributed by atoms with van der Waals surface area (Å²) >= 11 is 0. The van der Waals surface area contributed by atoms with Crippen LogP contribution in [0.25, 0.3) is 0 Å². The zero-order valence-corrected chi connectivity index (χ0v) is 9.06. The lowest BCUT2D eigenvalue weighted by molar-refractivity contribution is 0.156. The number of rotatable bonds is 6. The molecule has 0 rings (SSSR count). The molecule has 0 fully saturated rings. The summed E-state index contributed by atoms with van der Waals surface area (Å²) in [4.78, 5) is 0. The average molecular weight is 172 g/mol. The summed E-state index contributed by atoms with van der Waals surface area (Å²) in [6.07, 6.45) is 4.65. The predicted octanol–water partition coefficient (Wildman–Crippen LogP) is 3.22. The first kappa shape index (κ1) is 12.0. The van der Waals surface area contributed by atoms with Crippen LogP contribution in [0.1, 0.15) is 53.4 Å². The Bertz CT molecular complexity index is 110. The summed E-state index contributed by atoms with van der Waals surface area (Å²) in [5.41, 5.74) is 0.442. The minimum atomic E-state index is 0.339. The lowest BCUT2D eigenvalue weighted by atomic mass is 9.72. The lowest BCUT2D eigenvalue weighted by Crippen LogP contribution is -2.23. The molecule has 0 aromatic heterocycles. The molecule has 0 spiro atoms. The highest BCUT2D eigenvalue weighted by molar-refractivity contribution is 4.76. The Morgan fingerprint density at radius 2 is 1.83 bits per heavy atom. The Morgan fingerprint density at radius 3 is 2.17 bits per heavy atom. The van der Waals surface area contributed by atoms with Crippen molar-refractivity contribution in [3.05, 3.63) is 0 Å². The van der Waals surface area contributed by atoms with Gasteiger partial charge in [0.15, 0.2) is 0 Å². The van der Waals surface area contributed by atoms with Gasteiger partial charge in [0.2, 0.25) is 0 Å². The van der Waals surface area contributed by atoms with Gasteiger partial charge in [0.1, 0.15) is 0 Å². The maximum atomic E-state index is 8.78. The van der Waals surface area contributed by atoms with E-state index in [1.165, 1.54) is 12.8 Å². The fourth-order valence-electron chi connectivity index (χ4n) is 1.76. The normalized spacial score (nSPS) is 16.5. The van der Waals surface area contributed by atoms with E-state index in [0.29, 0.717) is 12.0 Å². The molecule has 1 nitrogen and oxygen atoms in total. The third-order valence-electron chi connectivity index (χ3n) is 3.12. The molecule has 0 radical (unpaired) electrons. The average Bonchev–Trinajstić information content (AvgIpc) is 2.01. The highest BCUT2D eigenvalue weighted by Gasteiger charge is 2.26. The molecule has 0 bridgehead atoms. The van der Waals surface area contributed by atoms with Crippen LogP contribution in [0.15, 0.2) is 0 Å². The molecule has 0 saturated carbocycles. The third-order valence-corrected chi connectivity index (χ3v) is 3.12. The van der Waals surface area contributed by atoms with Crippen molar-refractivity contribution in [2.45, 2.75) is 53.4 Å². The second-order valence-electron chi connectivity index (χ2n) is 4.39. The van der Waals surface area contributed by atoms with Crippen molar-refractivity contribution >= 4 is 0 Å². The zero-order chi connectivity index (χ0) is 9.61. The molecule has 12 heavy (non-hydrogen) atoms. The third kappa shape index (κ3) is 3.57. The van der Waals surface area contributed by atoms with Gasteiger partial charge in [-0.05, 0) is 30.6 Å². The minimum absolute atomic E-state index is 0.339. The molecular weight excluding hydrogens is 148 g/mol. The van der Waals surface area contributed by atoms with Crippen molar-refractivity contribution in [1.29, 1.82) is 0 Å². The molecule has 74 valence electrons. The second-order valence-corrected chi connectivity index (χ2v) is 4.39. The van der Waals surface area contributed by atoms with Crippen LogP contribution in [0.2, 0.25) is 0 Å². The van der Waals surface area contributed by atoms with Crippen molar-refractivity contribution < 1.29 is 5.11 Å². The van der Waals surface area contributed by atoms with Crippen LogP contribution in [0.5, 0.6) is 0 Å². The Labute approximate surface area is 77.2 Å². The van der Waals surface area contributed by atoms with E-state index in [1.54, 1.807) is 0 Å². The fourth-order valence-corrected chi connectivity index (χ4v) is 1.76. The largest absolute Gasteiger partial charge is 0.396 e. The Kier molecular flexibility index (Phi) is 5.56. The van der Waals surface area contributed by atoms with Crippen LogP contribution < -0.4 is 0 Å². The van der Waals surface area contributed by atoms with Crippen molar-refractivity contribution in [2.75, 3.05) is 6.61 Å². The van der Waals surface area contributed by atoms with Crippen molar-refractivity contribution in [3.8, 4) is 0 Å². The van der Waals surface area contributed by atoms with Crippen LogP contribution in [-0.4, -0.2) is 11.7 Å². The minimum Gasteiger partial charge on any atom is -0.396 e. The summed E-state index contributed by atoms with van der Waals surface area (Å²) in [5, 5.41) is 8.78. The molecule has 0 saturated heterocycles. The monoisotopic (exact) mass is 172 g/mol. The Hall–Kier alpha value is -0.0400. The lowest BCUT2D eigenvalue weighted by Gasteiger charge is -2.33. The molecule has 0 aliphatic heterocycles. The molecule has 0 heterocycles. The van der Waals surface area contributed by atoms with Crippen LogP contribution in [0, 0.1) is 11.3 Å². The first-order valence-corrected chi connectivity index (χ1v) is 5.17. The maximum absolute atomic E-state index is 8.78. The van der Waals surface area contributed by atoms with Gasteiger partial charge in [-0.25, -0.2) is 0 Å². The highest BCUT2D eigenvalue weighted by atomic mass is 16.2. The van der Waals surface area contributed by atoms with E-state index in [0.717, 1.165) is 18.8 Å². The summed E-state index contributed by atoms with van der Waals surface area (Å²) < 4.78 is 0. The number of hydrogen-bond donors (Lipinski definition) is 1. The molecule has 0 amide bonds. The van der Waals surface area contributed by atoms with Gasteiger partial charge in [-0.3, -0.25) is 0 Å². The number of aliphatic hydroxyl groups excluding tert-OH is 1. The summed E-state index contributed by atoms with van der Waals surface area (Å²) in [6, 6.07) is 0. The van der Waals surface area contributed by atoms with E-state index in [9.17, 15) is 0 Å². The molecular formula is C11H24O. The number of hydrogen-bond acceptors (Lipinski definition) is 1. The van der Waals surface area contributed by atoms with Gasteiger partial charge in [0.25, 0.3) is 0 Å². The molecule has 0 aliphatic rings. The molecule has 0 aliphatic carbocycles. The first-order chi connectivity index (χ1) is 5.56. The van der Waals surface area contributed by atoms with E-state index in [-0.39, 0.29) is 0 Å². The molecule has 1 heteroatoms. The van der Waals surface area contributed by atoms with Gasteiger partial charge in [-0.1, -0.05) is 34.1 Å². The van der Waals surface area contributed by atoms with Crippen LogP contribution in [0.3, 0.4) is 0 Å². The fraction of sp³-hybridized carbons (Fsp3) is 1.00. The second kappa shape index (κ2) is 5.58. The van der Waals surface area contributed by atoms with E-state index in [1.807, 2.05) is 0 Å². The molecule has 1 atom stereocenters. The van der Waals surface area contributed by atoms with Gasteiger partial charge >= 0.3 is 0 Å². The van der Waals surface area contributed by atoms with E-state index >= 15 is 0 Å². The number of aliphatic hydroxyl groups is 1. The molecule has 0 aromatic carbocycles. The van der Waals surface area contributed by atoms with Crippen LogP contribution in [0.4, 0.5) is 0 Å². The molecule has 0 aromatic rings. The van der Waals surface area contributed by atoms with Crippen molar-refractivity contribution in [3.63, 3.8) is 0 Å². The van der Waals surface area contributed by atoms with Gasteiger partial charge in [-0.15, -0.1) is 0 Å². The van der Waals surface area contributed by atoms with Gasteiger partial charge in [0.05, 0.1) is 0 Å². The van der Waals surface area contributed by atoms with E-state index < -0.39 is 0 Å². The van der Waals surface area contributed by atoms with Crippen LogP contribution in [-0.2, 0) is 0 Å². The zero-order valence-electron chi connectivity index (χ0n) is 9.06. The van der Waals surface area contributed by atoms with Crippen molar-refractivity contribution in [2.24, 2.45) is 11.3 Å². The topological polar surface area (TPSA) is 20.2 Å². The standard InChI is InChI=1S/C11H24O/c1-5-7-11(4,10(2)3)8-6-9-12/h10,12H,5-9H2,1-4H3.